The summed E-state index contributed by atoms with van der Waals surface area (Å²) < 4.78 is 0. The number of non-ortho nitro benzene ring substituents is 1. The van der Waals surface area contributed by atoms with E-state index in [0.29, 0.717) is 21.9 Å². The van der Waals surface area contributed by atoms with Gasteiger partial charge in [-0.05, 0) is 34.0 Å². The lowest BCUT2D eigenvalue weighted by molar-refractivity contribution is -0.383. The maximum Gasteiger partial charge on any atom is 0.277 e. The van der Waals surface area contributed by atoms with Gasteiger partial charge in [-0.1, -0.05) is 24.3 Å². The van der Waals surface area contributed by atoms with Gasteiger partial charge in [0.15, 0.2) is 0 Å². The van der Waals surface area contributed by atoms with Crippen LogP contribution in [0.15, 0.2) is 42.5 Å². The van der Waals surface area contributed by atoms with Crippen LogP contribution in [0, 0.1) is 10.1 Å². The van der Waals surface area contributed by atoms with Crippen molar-refractivity contribution in [3.8, 4) is 0 Å². The highest BCUT2D eigenvalue weighted by Crippen LogP contribution is 2.46. The Hall–Kier alpha value is -2.50. The van der Waals surface area contributed by atoms with Crippen LogP contribution in [-0.2, 0) is 0 Å². The topological polar surface area (TPSA) is 83.6 Å². The van der Waals surface area contributed by atoms with Crippen molar-refractivity contribution in [3.63, 3.8) is 0 Å². The van der Waals surface area contributed by atoms with E-state index in [1.54, 1.807) is 12.1 Å². The summed E-state index contributed by atoms with van der Waals surface area (Å²) in [5, 5.41) is 34.6. The molecule has 5 nitrogen and oxygen atoms in total. The fourth-order valence-corrected chi connectivity index (χ4v) is 3.25. The van der Waals surface area contributed by atoms with Gasteiger partial charge < -0.3 is 10.2 Å². The largest absolute Gasteiger partial charge is 0.385 e. The van der Waals surface area contributed by atoms with Gasteiger partial charge in [-0.15, -0.1) is 0 Å². The van der Waals surface area contributed by atoms with Gasteiger partial charge in [0.25, 0.3) is 5.69 Å². The molecule has 3 aromatic carbocycles. The minimum Gasteiger partial charge on any atom is -0.385 e. The number of nitro groups is 1. The van der Waals surface area contributed by atoms with Crippen LogP contribution >= 0.6 is 0 Å². The van der Waals surface area contributed by atoms with Gasteiger partial charge in [0.1, 0.15) is 12.2 Å². The first kappa shape index (κ1) is 12.3. The van der Waals surface area contributed by atoms with Crippen LogP contribution in [0.5, 0.6) is 0 Å². The van der Waals surface area contributed by atoms with Crippen molar-refractivity contribution in [2.24, 2.45) is 0 Å². The van der Waals surface area contributed by atoms with E-state index in [-0.39, 0.29) is 5.69 Å². The smallest absolute Gasteiger partial charge is 0.277 e. The Morgan fingerprint density at radius 2 is 1.62 bits per heavy atom. The summed E-state index contributed by atoms with van der Waals surface area (Å²) in [5.74, 6) is 0. The summed E-state index contributed by atoms with van der Waals surface area (Å²) in [4.78, 5) is 10.8. The third-order valence-corrected chi connectivity index (χ3v) is 4.20. The van der Waals surface area contributed by atoms with Gasteiger partial charge in [0, 0.05) is 11.5 Å². The Kier molecular flexibility index (Phi) is 2.34. The van der Waals surface area contributed by atoms with Crippen LogP contribution in [0.1, 0.15) is 23.3 Å². The molecule has 2 N–H and O–H groups in total. The molecule has 104 valence electrons. The molecular weight excluding hydrogens is 270 g/mol. The maximum absolute atomic E-state index is 11.2. The molecule has 0 amide bonds. The van der Waals surface area contributed by atoms with E-state index in [1.807, 2.05) is 18.2 Å². The lowest BCUT2D eigenvalue weighted by Crippen LogP contribution is -2.15. The van der Waals surface area contributed by atoms with E-state index < -0.39 is 17.1 Å². The summed E-state index contributed by atoms with van der Waals surface area (Å²) in [6, 6.07) is 11.9. The van der Waals surface area contributed by atoms with Gasteiger partial charge in [-0.25, -0.2) is 0 Å². The fraction of sp³-hybridized carbons (Fsp3) is 0.125. The Morgan fingerprint density at radius 1 is 0.905 bits per heavy atom. The first-order valence-corrected chi connectivity index (χ1v) is 6.58. The Balaban J connectivity index is 2.31. The predicted molar refractivity (Wildman–Crippen MR) is 78.0 cm³/mol. The zero-order chi connectivity index (χ0) is 14.7. The monoisotopic (exact) mass is 281 g/mol. The molecule has 0 aliphatic heterocycles. The van der Waals surface area contributed by atoms with E-state index in [4.69, 9.17) is 0 Å². The molecule has 1 aliphatic carbocycles. The van der Waals surface area contributed by atoms with Crippen LogP contribution in [0.25, 0.3) is 21.5 Å². The lowest BCUT2D eigenvalue weighted by atomic mass is 9.82. The average Bonchev–Trinajstić information content (AvgIpc) is 2.50. The highest BCUT2D eigenvalue weighted by Gasteiger charge is 2.31. The van der Waals surface area contributed by atoms with Gasteiger partial charge in [-0.3, -0.25) is 10.1 Å². The number of benzene rings is 3. The second kappa shape index (κ2) is 4.00. The minimum atomic E-state index is -1.08. The van der Waals surface area contributed by atoms with Crippen LogP contribution in [0.2, 0.25) is 0 Å². The normalized spacial score (nSPS) is 20.3. The number of aliphatic hydroxyl groups excluding tert-OH is 2. The van der Waals surface area contributed by atoms with E-state index in [1.165, 1.54) is 12.1 Å². The second-order valence-electron chi connectivity index (χ2n) is 5.25. The second-order valence-corrected chi connectivity index (χ2v) is 5.25. The van der Waals surface area contributed by atoms with Crippen LogP contribution < -0.4 is 0 Å². The van der Waals surface area contributed by atoms with Crippen molar-refractivity contribution >= 4 is 27.2 Å². The van der Waals surface area contributed by atoms with Crippen molar-refractivity contribution in [2.45, 2.75) is 12.2 Å². The molecule has 4 rings (SSSR count). The molecule has 2 unspecified atom stereocenters. The van der Waals surface area contributed by atoms with Crippen LogP contribution in [0.4, 0.5) is 5.69 Å². The molecule has 0 bridgehead atoms. The van der Waals surface area contributed by atoms with E-state index in [0.717, 1.165) is 10.8 Å². The van der Waals surface area contributed by atoms with Crippen molar-refractivity contribution < 1.29 is 15.1 Å². The summed E-state index contributed by atoms with van der Waals surface area (Å²) in [6.07, 6.45) is -2.10. The standard InChI is InChI=1S/C16H11NO4/c18-15-10-3-1-2-8-4-5-9-12(17(20)21)7-6-11(16(15)19)14(9)13(8)10/h1-7,15-16,18-19H. The lowest BCUT2D eigenvalue weighted by Gasteiger charge is -2.27. The molecule has 3 aromatic rings. The quantitative estimate of drug-likeness (QED) is 0.408. The Bertz CT molecular complexity index is 919. The van der Waals surface area contributed by atoms with Crippen LogP contribution in [-0.4, -0.2) is 15.1 Å². The summed E-state index contributed by atoms with van der Waals surface area (Å²) in [7, 11) is 0. The summed E-state index contributed by atoms with van der Waals surface area (Å²) in [6.45, 7) is 0. The SMILES string of the molecule is O=[N+]([O-])c1ccc2c3c1ccc1cccc(c13)C(O)C2O. The van der Waals surface area contributed by atoms with Gasteiger partial charge in [-0.2, -0.15) is 0 Å². The van der Waals surface area contributed by atoms with E-state index in [9.17, 15) is 20.3 Å². The molecule has 0 fully saturated rings. The zero-order valence-electron chi connectivity index (χ0n) is 10.9. The van der Waals surface area contributed by atoms with Crippen molar-refractivity contribution in [1.29, 1.82) is 0 Å². The van der Waals surface area contributed by atoms with Gasteiger partial charge in [0.05, 0.1) is 10.3 Å². The Morgan fingerprint density at radius 3 is 2.33 bits per heavy atom. The molecule has 0 saturated heterocycles. The van der Waals surface area contributed by atoms with E-state index >= 15 is 0 Å². The molecular formula is C16H11NO4. The molecule has 0 spiro atoms. The summed E-state index contributed by atoms with van der Waals surface area (Å²) >= 11 is 0. The molecule has 1 aliphatic rings. The molecule has 2 atom stereocenters. The molecule has 0 saturated carbocycles. The summed E-state index contributed by atoms with van der Waals surface area (Å²) in [5.41, 5.74) is 1.15. The predicted octanol–water partition coefficient (Wildman–Crippen LogP) is 2.98. The number of nitrogens with zero attached hydrogens (tertiary/aromatic N) is 1. The minimum absolute atomic E-state index is 0.00837. The number of nitro benzene ring substituents is 1. The maximum atomic E-state index is 11.2. The van der Waals surface area contributed by atoms with Crippen LogP contribution in [0.3, 0.4) is 0 Å². The molecule has 0 aromatic heterocycles. The van der Waals surface area contributed by atoms with Crippen molar-refractivity contribution in [2.75, 3.05) is 0 Å². The number of rotatable bonds is 1. The fourth-order valence-electron chi connectivity index (χ4n) is 3.25. The number of aliphatic hydroxyl groups is 2. The highest BCUT2D eigenvalue weighted by molar-refractivity contribution is 6.14. The molecule has 0 radical (unpaired) electrons. The average molecular weight is 281 g/mol. The third kappa shape index (κ3) is 1.47. The first-order valence-electron chi connectivity index (χ1n) is 6.58. The molecule has 5 heteroatoms. The zero-order valence-corrected chi connectivity index (χ0v) is 10.9. The van der Waals surface area contributed by atoms with Gasteiger partial charge in [0.2, 0.25) is 0 Å². The van der Waals surface area contributed by atoms with Crippen molar-refractivity contribution in [3.05, 3.63) is 63.7 Å². The number of hydrogen-bond donors (Lipinski definition) is 2. The number of hydrogen-bond acceptors (Lipinski definition) is 4. The Labute approximate surface area is 119 Å². The first-order chi connectivity index (χ1) is 10.1. The van der Waals surface area contributed by atoms with Crippen molar-refractivity contribution in [1.82, 2.24) is 0 Å². The highest BCUT2D eigenvalue weighted by atomic mass is 16.6. The van der Waals surface area contributed by atoms with Gasteiger partial charge >= 0.3 is 0 Å². The van der Waals surface area contributed by atoms with E-state index in [2.05, 4.69) is 0 Å². The third-order valence-electron chi connectivity index (χ3n) is 4.20. The molecule has 0 heterocycles. The molecule has 21 heavy (non-hydrogen) atoms.